The van der Waals surface area contributed by atoms with Crippen molar-refractivity contribution in [3.8, 4) is 11.1 Å². The molecule has 3 rings (SSSR count). The quantitative estimate of drug-likeness (QED) is 0.698. The third-order valence-electron chi connectivity index (χ3n) is 4.01. The van der Waals surface area contributed by atoms with Gasteiger partial charge in [0.05, 0.1) is 5.56 Å². The summed E-state index contributed by atoms with van der Waals surface area (Å²) in [7, 11) is 0. The van der Waals surface area contributed by atoms with Crippen molar-refractivity contribution in [2.75, 3.05) is 5.32 Å². The Labute approximate surface area is 141 Å². The minimum absolute atomic E-state index is 0.319. The average molecular weight is 317 g/mol. The third-order valence-corrected chi connectivity index (χ3v) is 4.01. The molecule has 0 aliphatic rings. The smallest absolute Gasteiger partial charge is 0.335 e. The summed E-state index contributed by atoms with van der Waals surface area (Å²) in [6, 6.07) is 23.7. The fourth-order valence-corrected chi connectivity index (χ4v) is 2.68. The second kappa shape index (κ2) is 7.01. The van der Waals surface area contributed by atoms with Gasteiger partial charge in [-0.25, -0.2) is 4.79 Å². The molecule has 3 heteroatoms. The highest BCUT2D eigenvalue weighted by Crippen LogP contribution is 2.25. The number of para-hydroxylation sites is 1. The lowest BCUT2D eigenvalue weighted by molar-refractivity contribution is 0.0697. The van der Waals surface area contributed by atoms with E-state index in [1.54, 1.807) is 12.1 Å². The Morgan fingerprint density at radius 2 is 1.67 bits per heavy atom. The zero-order chi connectivity index (χ0) is 16.9. The number of hydrogen-bond acceptors (Lipinski definition) is 2. The van der Waals surface area contributed by atoms with Gasteiger partial charge in [-0.15, -0.1) is 0 Å². The van der Waals surface area contributed by atoms with Gasteiger partial charge in [-0.2, -0.15) is 0 Å². The molecule has 24 heavy (non-hydrogen) atoms. The average Bonchev–Trinajstić information content (AvgIpc) is 2.61. The molecule has 0 aromatic heterocycles. The van der Waals surface area contributed by atoms with Crippen molar-refractivity contribution in [3.05, 3.63) is 89.5 Å². The minimum atomic E-state index is -0.896. The number of anilines is 1. The van der Waals surface area contributed by atoms with E-state index in [2.05, 4.69) is 29.6 Å². The third kappa shape index (κ3) is 3.63. The molecule has 0 spiro atoms. The van der Waals surface area contributed by atoms with Crippen LogP contribution in [0.2, 0.25) is 0 Å². The maximum absolute atomic E-state index is 11.0. The Morgan fingerprint density at radius 1 is 0.958 bits per heavy atom. The Morgan fingerprint density at radius 3 is 2.29 bits per heavy atom. The van der Waals surface area contributed by atoms with E-state index < -0.39 is 5.97 Å². The molecule has 0 unspecified atom stereocenters. The number of carboxylic acid groups (broad SMARTS) is 1. The van der Waals surface area contributed by atoms with Crippen molar-refractivity contribution < 1.29 is 9.90 Å². The van der Waals surface area contributed by atoms with Gasteiger partial charge in [0, 0.05) is 12.2 Å². The van der Waals surface area contributed by atoms with Gasteiger partial charge in [0.2, 0.25) is 0 Å². The molecule has 0 bridgehead atoms. The van der Waals surface area contributed by atoms with Gasteiger partial charge in [-0.1, -0.05) is 48.5 Å². The van der Waals surface area contributed by atoms with Gasteiger partial charge < -0.3 is 10.4 Å². The Hall–Kier alpha value is -3.07. The largest absolute Gasteiger partial charge is 0.478 e. The van der Waals surface area contributed by atoms with E-state index in [4.69, 9.17) is 5.11 Å². The Balaban J connectivity index is 1.73. The molecule has 0 fully saturated rings. The molecule has 3 nitrogen and oxygen atoms in total. The monoisotopic (exact) mass is 317 g/mol. The van der Waals surface area contributed by atoms with Crippen molar-refractivity contribution in [1.82, 2.24) is 0 Å². The van der Waals surface area contributed by atoms with Crippen LogP contribution in [-0.2, 0) is 6.54 Å². The molecule has 0 amide bonds. The molecule has 0 atom stereocenters. The van der Waals surface area contributed by atoms with E-state index in [0.717, 1.165) is 28.9 Å². The van der Waals surface area contributed by atoms with Gasteiger partial charge in [-0.05, 0) is 53.4 Å². The number of carbonyl (C=O) groups is 1. The first-order chi connectivity index (χ1) is 11.6. The first kappa shape index (κ1) is 15.8. The number of benzene rings is 3. The summed E-state index contributed by atoms with van der Waals surface area (Å²) in [6.45, 7) is 2.70. The standard InChI is InChI=1S/C21H19NO2/c1-15-13-18(21(23)24)11-12-20(15)17-9-7-16(8-10-17)14-22-19-5-3-2-4-6-19/h2-13,22H,14H2,1H3,(H,23,24). The van der Waals surface area contributed by atoms with Crippen LogP contribution in [0.4, 0.5) is 5.69 Å². The summed E-state index contributed by atoms with van der Waals surface area (Å²) in [5.41, 5.74) is 5.73. The van der Waals surface area contributed by atoms with E-state index in [-0.39, 0.29) is 0 Å². The first-order valence-corrected chi connectivity index (χ1v) is 7.85. The van der Waals surface area contributed by atoms with E-state index >= 15 is 0 Å². The van der Waals surface area contributed by atoms with Crippen LogP contribution in [0.3, 0.4) is 0 Å². The van der Waals surface area contributed by atoms with Crippen LogP contribution in [0, 0.1) is 6.92 Å². The molecule has 120 valence electrons. The Kier molecular flexibility index (Phi) is 4.62. The van der Waals surface area contributed by atoms with Gasteiger partial charge in [-0.3, -0.25) is 0 Å². The van der Waals surface area contributed by atoms with Gasteiger partial charge >= 0.3 is 5.97 Å². The van der Waals surface area contributed by atoms with Gasteiger partial charge in [0.1, 0.15) is 0 Å². The molecule has 0 heterocycles. The number of carboxylic acids is 1. The van der Waals surface area contributed by atoms with Crippen LogP contribution in [0.25, 0.3) is 11.1 Å². The predicted molar refractivity (Wildman–Crippen MR) is 97.3 cm³/mol. The van der Waals surface area contributed by atoms with Crippen molar-refractivity contribution in [3.63, 3.8) is 0 Å². The van der Waals surface area contributed by atoms with Crippen LogP contribution in [0.1, 0.15) is 21.5 Å². The van der Waals surface area contributed by atoms with Crippen molar-refractivity contribution in [1.29, 1.82) is 0 Å². The predicted octanol–water partition coefficient (Wildman–Crippen LogP) is 4.97. The van der Waals surface area contributed by atoms with Crippen molar-refractivity contribution in [2.24, 2.45) is 0 Å². The number of rotatable bonds is 5. The number of nitrogens with one attached hydrogen (secondary N) is 1. The summed E-state index contributed by atoms with van der Waals surface area (Å²) in [5, 5.41) is 12.4. The summed E-state index contributed by atoms with van der Waals surface area (Å²) < 4.78 is 0. The van der Waals surface area contributed by atoms with Crippen molar-refractivity contribution >= 4 is 11.7 Å². The molecule has 3 aromatic carbocycles. The highest BCUT2D eigenvalue weighted by atomic mass is 16.4. The summed E-state index contributed by atoms with van der Waals surface area (Å²) >= 11 is 0. The molecular weight excluding hydrogens is 298 g/mol. The van der Waals surface area contributed by atoms with E-state index in [9.17, 15) is 4.79 Å². The molecule has 0 aliphatic carbocycles. The first-order valence-electron chi connectivity index (χ1n) is 7.85. The summed E-state index contributed by atoms with van der Waals surface area (Å²) in [5.74, 6) is -0.896. The zero-order valence-corrected chi connectivity index (χ0v) is 13.5. The lowest BCUT2D eigenvalue weighted by Gasteiger charge is -2.10. The molecule has 0 radical (unpaired) electrons. The fourth-order valence-electron chi connectivity index (χ4n) is 2.68. The SMILES string of the molecule is Cc1cc(C(=O)O)ccc1-c1ccc(CNc2ccccc2)cc1. The lowest BCUT2D eigenvalue weighted by atomic mass is 9.97. The maximum atomic E-state index is 11.0. The molecule has 0 saturated heterocycles. The summed E-state index contributed by atoms with van der Waals surface area (Å²) in [6.07, 6.45) is 0. The fraction of sp³-hybridized carbons (Fsp3) is 0.0952. The highest BCUT2D eigenvalue weighted by molar-refractivity contribution is 5.89. The molecule has 3 aromatic rings. The molecule has 0 saturated carbocycles. The minimum Gasteiger partial charge on any atom is -0.478 e. The number of aromatic carboxylic acids is 1. The van der Waals surface area contributed by atoms with Crippen LogP contribution in [0.5, 0.6) is 0 Å². The van der Waals surface area contributed by atoms with Crippen LogP contribution >= 0.6 is 0 Å². The van der Waals surface area contributed by atoms with Crippen LogP contribution in [0.15, 0.2) is 72.8 Å². The van der Waals surface area contributed by atoms with Crippen LogP contribution in [-0.4, -0.2) is 11.1 Å². The highest BCUT2D eigenvalue weighted by Gasteiger charge is 2.07. The Bertz CT molecular complexity index is 839. The van der Waals surface area contributed by atoms with E-state index in [1.807, 2.05) is 43.3 Å². The number of aryl methyl sites for hydroxylation is 1. The second-order valence-electron chi connectivity index (χ2n) is 5.75. The lowest BCUT2D eigenvalue weighted by Crippen LogP contribution is -1.99. The van der Waals surface area contributed by atoms with E-state index in [0.29, 0.717) is 5.56 Å². The topological polar surface area (TPSA) is 49.3 Å². The van der Waals surface area contributed by atoms with Gasteiger partial charge in [0.25, 0.3) is 0 Å². The number of hydrogen-bond donors (Lipinski definition) is 2. The van der Waals surface area contributed by atoms with Gasteiger partial charge in [0.15, 0.2) is 0 Å². The molecule has 0 aliphatic heterocycles. The normalized spacial score (nSPS) is 10.4. The summed E-state index contributed by atoms with van der Waals surface area (Å²) in [4.78, 5) is 11.0. The maximum Gasteiger partial charge on any atom is 0.335 e. The van der Waals surface area contributed by atoms with Crippen molar-refractivity contribution in [2.45, 2.75) is 13.5 Å². The zero-order valence-electron chi connectivity index (χ0n) is 13.5. The van der Waals surface area contributed by atoms with Crippen LogP contribution < -0.4 is 5.32 Å². The second-order valence-corrected chi connectivity index (χ2v) is 5.75. The van der Waals surface area contributed by atoms with E-state index in [1.165, 1.54) is 5.56 Å². The molecular formula is C21H19NO2. The molecule has 2 N–H and O–H groups in total.